The second kappa shape index (κ2) is 8.14. The fourth-order valence-corrected chi connectivity index (χ4v) is 3.93. The van der Waals surface area contributed by atoms with E-state index in [9.17, 15) is 9.59 Å². The van der Waals surface area contributed by atoms with Gasteiger partial charge in [0, 0.05) is 31.5 Å². The number of amides is 2. The van der Waals surface area contributed by atoms with E-state index in [4.69, 9.17) is 4.74 Å². The summed E-state index contributed by atoms with van der Waals surface area (Å²) in [5.74, 6) is 0.333. The molecule has 1 N–H and O–H groups in total. The van der Waals surface area contributed by atoms with Gasteiger partial charge in [-0.25, -0.2) is 4.98 Å². The molecule has 28 heavy (non-hydrogen) atoms. The molecule has 1 unspecified atom stereocenters. The SMILES string of the molecule is Cc1cccc(C(=O)N2Cc3cncn3C(C(=O)NCC3CCOCC3)C2)c1. The van der Waals surface area contributed by atoms with Crippen LogP contribution in [0.3, 0.4) is 0 Å². The summed E-state index contributed by atoms with van der Waals surface area (Å²) in [5.41, 5.74) is 2.56. The summed E-state index contributed by atoms with van der Waals surface area (Å²) in [6.07, 6.45) is 5.36. The average molecular weight is 382 g/mol. The van der Waals surface area contributed by atoms with Gasteiger partial charge < -0.3 is 19.5 Å². The van der Waals surface area contributed by atoms with E-state index in [-0.39, 0.29) is 11.8 Å². The largest absolute Gasteiger partial charge is 0.381 e. The topological polar surface area (TPSA) is 76.5 Å². The molecule has 2 amide bonds. The number of imidazole rings is 1. The van der Waals surface area contributed by atoms with Crippen LogP contribution in [0.2, 0.25) is 0 Å². The first-order chi connectivity index (χ1) is 13.6. The fraction of sp³-hybridized carbons (Fsp3) is 0.476. The summed E-state index contributed by atoms with van der Waals surface area (Å²) in [6, 6.07) is 7.10. The normalized spacial score (nSPS) is 19.9. The zero-order chi connectivity index (χ0) is 19.5. The van der Waals surface area contributed by atoms with Gasteiger partial charge in [0.1, 0.15) is 6.04 Å². The number of carbonyl (C=O) groups is 2. The van der Waals surface area contributed by atoms with Gasteiger partial charge in [0.05, 0.1) is 25.1 Å². The number of benzene rings is 1. The predicted octanol–water partition coefficient (Wildman–Crippen LogP) is 1.93. The van der Waals surface area contributed by atoms with E-state index in [1.807, 2.05) is 35.8 Å². The Bertz CT molecular complexity index is 857. The summed E-state index contributed by atoms with van der Waals surface area (Å²) in [7, 11) is 0. The third-order valence-electron chi connectivity index (χ3n) is 5.59. The third-order valence-corrected chi connectivity index (χ3v) is 5.59. The van der Waals surface area contributed by atoms with Crippen LogP contribution in [0.5, 0.6) is 0 Å². The lowest BCUT2D eigenvalue weighted by atomic mass is 10.0. The number of hydrogen-bond acceptors (Lipinski definition) is 4. The number of nitrogens with one attached hydrogen (secondary N) is 1. The van der Waals surface area contributed by atoms with Crippen LogP contribution in [0, 0.1) is 12.8 Å². The highest BCUT2D eigenvalue weighted by Gasteiger charge is 2.33. The van der Waals surface area contributed by atoms with Crippen LogP contribution in [0.25, 0.3) is 0 Å². The van der Waals surface area contributed by atoms with Gasteiger partial charge in [0.2, 0.25) is 5.91 Å². The van der Waals surface area contributed by atoms with Crippen molar-refractivity contribution < 1.29 is 14.3 Å². The van der Waals surface area contributed by atoms with E-state index >= 15 is 0 Å². The third kappa shape index (κ3) is 3.94. The minimum absolute atomic E-state index is 0.0571. The molecule has 0 spiro atoms. The number of rotatable bonds is 4. The van der Waals surface area contributed by atoms with Crippen molar-refractivity contribution in [1.82, 2.24) is 19.8 Å². The van der Waals surface area contributed by atoms with Gasteiger partial charge in [0.15, 0.2) is 0 Å². The number of carbonyl (C=O) groups excluding carboxylic acids is 2. The zero-order valence-corrected chi connectivity index (χ0v) is 16.1. The lowest BCUT2D eigenvalue weighted by Gasteiger charge is -2.34. The maximum atomic E-state index is 13.0. The summed E-state index contributed by atoms with van der Waals surface area (Å²) in [4.78, 5) is 31.9. The van der Waals surface area contributed by atoms with Gasteiger partial charge >= 0.3 is 0 Å². The van der Waals surface area contributed by atoms with E-state index in [2.05, 4.69) is 10.3 Å². The molecule has 2 aliphatic rings. The van der Waals surface area contributed by atoms with E-state index in [0.717, 1.165) is 37.3 Å². The molecule has 1 aromatic carbocycles. The molecule has 1 fully saturated rings. The monoisotopic (exact) mass is 382 g/mol. The van der Waals surface area contributed by atoms with Gasteiger partial charge in [-0.1, -0.05) is 17.7 Å². The Balaban J connectivity index is 1.47. The van der Waals surface area contributed by atoms with Crippen LogP contribution in [-0.2, 0) is 16.1 Å². The van der Waals surface area contributed by atoms with Crippen LogP contribution in [0.15, 0.2) is 36.8 Å². The first-order valence-electron chi connectivity index (χ1n) is 9.84. The van der Waals surface area contributed by atoms with Gasteiger partial charge in [-0.2, -0.15) is 0 Å². The molecule has 2 aromatic rings. The molecular formula is C21H26N4O3. The van der Waals surface area contributed by atoms with E-state index in [1.54, 1.807) is 17.4 Å². The first kappa shape index (κ1) is 18.7. The van der Waals surface area contributed by atoms with Crippen molar-refractivity contribution in [3.8, 4) is 0 Å². The molecule has 1 atom stereocenters. The highest BCUT2D eigenvalue weighted by molar-refractivity contribution is 5.95. The maximum absolute atomic E-state index is 13.0. The van der Waals surface area contributed by atoms with Crippen molar-refractivity contribution in [2.75, 3.05) is 26.3 Å². The molecular weight excluding hydrogens is 356 g/mol. The Kier molecular flexibility index (Phi) is 5.43. The highest BCUT2D eigenvalue weighted by atomic mass is 16.5. The van der Waals surface area contributed by atoms with Crippen molar-refractivity contribution in [3.63, 3.8) is 0 Å². The Labute approximate surface area is 164 Å². The van der Waals surface area contributed by atoms with Crippen LogP contribution in [-0.4, -0.2) is 52.6 Å². The minimum Gasteiger partial charge on any atom is -0.381 e. The second-order valence-electron chi connectivity index (χ2n) is 7.66. The number of fused-ring (bicyclic) bond motifs is 1. The number of ether oxygens (including phenoxy) is 1. The number of hydrogen-bond donors (Lipinski definition) is 1. The van der Waals surface area contributed by atoms with E-state index < -0.39 is 6.04 Å². The summed E-state index contributed by atoms with van der Waals surface area (Å²) in [5, 5.41) is 3.08. The smallest absolute Gasteiger partial charge is 0.254 e. The van der Waals surface area contributed by atoms with Crippen LogP contribution >= 0.6 is 0 Å². The molecule has 3 heterocycles. The van der Waals surface area contributed by atoms with E-state index in [1.165, 1.54) is 0 Å². The van der Waals surface area contributed by atoms with Crippen LogP contribution in [0.4, 0.5) is 0 Å². The molecule has 0 bridgehead atoms. The van der Waals surface area contributed by atoms with Gasteiger partial charge in [-0.3, -0.25) is 9.59 Å². The molecule has 1 aromatic heterocycles. The van der Waals surface area contributed by atoms with Crippen LogP contribution < -0.4 is 5.32 Å². The van der Waals surface area contributed by atoms with Gasteiger partial charge in [-0.15, -0.1) is 0 Å². The quantitative estimate of drug-likeness (QED) is 0.877. The number of nitrogens with zero attached hydrogens (tertiary/aromatic N) is 3. The first-order valence-corrected chi connectivity index (χ1v) is 9.84. The molecule has 4 rings (SSSR count). The van der Waals surface area contributed by atoms with Crippen molar-refractivity contribution in [3.05, 3.63) is 53.6 Å². The standard InChI is InChI=1S/C21H26N4O3/c1-15-3-2-4-17(9-15)21(27)24-12-18-11-22-14-25(18)19(13-24)20(26)23-10-16-5-7-28-8-6-16/h2-4,9,11,14,16,19H,5-8,10,12-13H2,1H3,(H,23,26). The molecule has 0 radical (unpaired) electrons. The number of aromatic nitrogens is 2. The molecule has 148 valence electrons. The predicted molar refractivity (Wildman–Crippen MR) is 104 cm³/mol. The lowest BCUT2D eigenvalue weighted by Crippen LogP contribution is -2.47. The molecule has 1 saturated heterocycles. The Morgan fingerprint density at radius 3 is 2.89 bits per heavy atom. The Morgan fingerprint density at radius 2 is 2.11 bits per heavy atom. The van der Waals surface area contributed by atoms with Crippen molar-refractivity contribution >= 4 is 11.8 Å². The second-order valence-corrected chi connectivity index (χ2v) is 7.66. The number of aryl methyl sites for hydroxylation is 1. The molecule has 7 heteroatoms. The Hall–Kier alpha value is -2.67. The van der Waals surface area contributed by atoms with E-state index in [0.29, 0.717) is 31.1 Å². The molecule has 7 nitrogen and oxygen atoms in total. The van der Waals surface area contributed by atoms with Crippen molar-refractivity contribution in [2.45, 2.75) is 32.4 Å². The summed E-state index contributed by atoms with van der Waals surface area (Å²) in [6.45, 7) is 4.93. The van der Waals surface area contributed by atoms with Crippen molar-refractivity contribution in [1.29, 1.82) is 0 Å². The average Bonchev–Trinajstić information content (AvgIpc) is 3.20. The fourth-order valence-electron chi connectivity index (χ4n) is 3.93. The summed E-state index contributed by atoms with van der Waals surface area (Å²) >= 11 is 0. The molecule has 2 aliphatic heterocycles. The summed E-state index contributed by atoms with van der Waals surface area (Å²) < 4.78 is 7.27. The minimum atomic E-state index is -0.458. The van der Waals surface area contributed by atoms with Crippen LogP contribution in [0.1, 0.15) is 40.5 Å². The van der Waals surface area contributed by atoms with Gasteiger partial charge in [-0.05, 0) is 37.8 Å². The zero-order valence-electron chi connectivity index (χ0n) is 16.1. The Morgan fingerprint density at radius 1 is 1.29 bits per heavy atom. The van der Waals surface area contributed by atoms with Crippen molar-refractivity contribution in [2.24, 2.45) is 5.92 Å². The molecule has 0 saturated carbocycles. The van der Waals surface area contributed by atoms with Gasteiger partial charge in [0.25, 0.3) is 5.91 Å². The highest BCUT2D eigenvalue weighted by Crippen LogP contribution is 2.23. The molecule has 0 aliphatic carbocycles. The lowest BCUT2D eigenvalue weighted by molar-refractivity contribution is -0.125. The maximum Gasteiger partial charge on any atom is 0.254 e.